The predicted octanol–water partition coefficient (Wildman–Crippen LogP) is 2.98. The van der Waals surface area contributed by atoms with E-state index in [0.717, 1.165) is 22.4 Å². The first-order chi connectivity index (χ1) is 10.1. The van der Waals surface area contributed by atoms with Gasteiger partial charge in [-0.1, -0.05) is 24.3 Å². The van der Waals surface area contributed by atoms with Gasteiger partial charge in [-0.3, -0.25) is 0 Å². The highest BCUT2D eigenvalue weighted by Crippen LogP contribution is 2.38. The molecule has 0 radical (unpaired) electrons. The van der Waals surface area contributed by atoms with Gasteiger partial charge in [0, 0.05) is 4.88 Å². The molecule has 112 valence electrons. The summed E-state index contributed by atoms with van der Waals surface area (Å²) < 4.78 is 5.06. The maximum Gasteiger partial charge on any atom is 0.341 e. The largest absolute Gasteiger partial charge is 0.462 e. The predicted molar refractivity (Wildman–Crippen MR) is 87.6 cm³/mol. The van der Waals surface area contributed by atoms with Crippen molar-refractivity contribution in [3.05, 3.63) is 41.0 Å². The number of esters is 1. The fraction of sp³-hybridized carbons (Fsp3) is 0.312. The summed E-state index contributed by atoms with van der Waals surface area (Å²) >= 11 is 1.42. The third-order valence-corrected chi connectivity index (χ3v) is 4.47. The van der Waals surface area contributed by atoms with E-state index < -0.39 is 0 Å². The average molecular weight is 304 g/mol. The number of thiophene rings is 1. The van der Waals surface area contributed by atoms with Gasteiger partial charge in [-0.15, -0.1) is 11.3 Å². The molecule has 0 fully saturated rings. The Morgan fingerprint density at radius 3 is 2.52 bits per heavy atom. The summed E-state index contributed by atoms with van der Waals surface area (Å²) in [5.41, 5.74) is 15.2. The van der Waals surface area contributed by atoms with E-state index in [0.29, 0.717) is 23.7 Å². The molecule has 2 rings (SSSR count). The second kappa shape index (κ2) is 6.74. The van der Waals surface area contributed by atoms with Gasteiger partial charge in [-0.2, -0.15) is 0 Å². The number of nitrogens with two attached hydrogens (primary N) is 2. The lowest BCUT2D eigenvalue weighted by atomic mass is 10.0. The van der Waals surface area contributed by atoms with E-state index >= 15 is 0 Å². The summed E-state index contributed by atoms with van der Waals surface area (Å²) in [5, 5.41) is 0.506. The Morgan fingerprint density at radius 1 is 1.29 bits per heavy atom. The Morgan fingerprint density at radius 2 is 1.95 bits per heavy atom. The summed E-state index contributed by atoms with van der Waals surface area (Å²) in [4.78, 5) is 13.0. The highest BCUT2D eigenvalue weighted by atomic mass is 32.1. The highest BCUT2D eigenvalue weighted by molar-refractivity contribution is 7.19. The van der Waals surface area contributed by atoms with Crippen LogP contribution in [-0.2, 0) is 11.2 Å². The molecule has 1 aromatic carbocycles. The van der Waals surface area contributed by atoms with Crippen molar-refractivity contribution in [2.45, 2.75) is 20.3 Å². The van der Waals surface area contributed by atoms with E-state index in [4.69, 9.17) is 16.2 Å². The van der Waals surface area contributed by atoms with Crippen molar-refractivity contribution in [3.8, 4) is 10.4 Å². The molecule has 1 heterocycles. The quantitative estimate of drug-likeness (QED) is 0.832. The van der Waals surface area contributed by atoms with Gasteiger partial charge in [0.2, 0.25) is 0 Å². The molecule has 0 atom stereocenters. The van der Waals surface area contributed by atoms with Gasteiger partial charge in [-0.25, -0.2) is 4.79 Å². The lowest BCUT2D eigenvalue weighted by molar-refractivity contribution is 0.0527. The number of ether oxygens (including phenoxy) is 1. The summed E-state index contributed by atoms with van der Waals surface area (Å²) in [6, 6.07) is 8.19. The zero-order valence-corrected chi connectivity index (χ0v) is 13.1. The monoisotopic (exact) mass is 304 g/mol. The zero-order valence-electron chi connectivity index (χ0n) is 12.3. The highest BCUT2D eigenvalue weighted by Gasteiger charge is 2.21. The van der Waals surface area contributed by atoms with Gasteiger partial charge in [-0.05, 0) is 43.5 Å². The summed E-state index contributed by atoms with van der Waals surface area (Å²) in [6.07, 6.45) is 0.861. The molecule has 0 unspecified atom stereocenters. The molecule has 0 saturated carbocycles. The first kappa shape index (κ1) is 15.5. The van der Waals surface area contributed by atoms with Crippen molar-refractivity contribution in [3.63, 3.8) is 0 Å². The number of hydrogen-bond acceptors (Lipinski definition) is 5. The van der Waals surface area contributed by atoms with E-state index in [9.17, 15) is 4.79 Å². The van der Waals surface area contributed by atoms with E-state index in [1.54, 1.807) is 6.92 Å². The second-order valence-corrected chi connectivity index (χ2v) is 5.80. The van der Waals surface area contributed by atoms with Gasteiger partial charge in [0.05, 0.1) is 12.2 Å². The topological polar surface area (TPSA) is 78.3 Å². The molecular formula is C16H20N2O2S. The molecular weight excluding hydrogens is 284 g/mol. The molecule has 1 aromatic heterocycles. The van der Waals surface area contributed by atoms with Crippen LogP contribution in [0.15, 0.2) is 24.3 Å². The Bertz CT molecular complexity index is 632. The van der Waals surface area contributed by atoms with Crippen LogP contribution in [0.25, 0.3) is 10.4 Å². The minimum Gasteiger partial charge on any atom is -0.462 e. The number of anilines is 1. The number of carbonyl (C=O) groups is 1. The number of carbonyl (C=O) groups excluding carboxylic acids is 1. The van der Waals surface area contributed by atoms with Crippen LogP contribution in [0, 0.1) is 6.92 Å². The molecule has 0 aliphatic rings. The fourth-order valence-corrected chi connectivity index (χ4v) is 3.33. The Hall–Kier alpha value is -1.85. The summed E-state index contributed by atoms with van der Waals surface area (Å²) in [6.45, 7) is 4.67. The molecule has 0 bridgehead atoms. The van der Waals surface area contributed by atoms with Gasteiger partial charge in [0.25, 0.3) is 0 Å². The van der Waals surface area contributed by atoms with Crippen LogP contribution >= 0.6 is 11.3 Å². The van der Waals surface area contributed by atoms with E-state index in [2.05, 4.69) is 12.1 Å². The first-order valence-electron chi connectivity index (χ1n) is 6.93. The van der Waals surface area contributed by atoms with Crippen LogP contribution in [0.4, 0.5) is 5.00 Å². The maximum atomic E-state index is 12.0. The minimum atomic E-state index is -0.352. The van der Waals surface area contributed by atoms with E-state index in [1.165, 1.54) is 16.9 Å². The normalized spacial score (nSPS) is 10.6. The van der Waals surface area contributed by atoms with Crippen molar-refractivity contribution in [2.75, 3.05) is 18.9 Å². The molecule has 2 aromatic rings. The summed E-state index contributed by atoms with van der Waals surface area (Å²) in [7, 11) is 0. The first-order valence-corrected chi connectivity index (χ1v) is 7.75. The van der Waals surface area contributed by atoms with Gasteiger partial charge >= 0.3 is 5.97 Å². The Kier molecular flexibility index (Phi) is 4.98. The van der Waals surface area contributed by atoms with Gasteiger partial charge in [0.1, 0.15) is 5.00 Å². The van der Waals surface area contributed by atoms with Gasteiger partial charge < -0.3 is 16.2 Å². The van der Waals surface area contributed by atoms with Crippen LogP contribution in [0.3, 0.4) is 0 Å². The van der Waals surface area contributed by atoms with Crippen molar-refractivity contribution in [1.29, 1.82) is 0 Å². The zero-order chi connectivity index (χ0) is 15.4. The lowest BCUT2D eigenvalue weighted by Crippen LogP contribution is -2.07. The lowest BCUT2D eigenvalue weighted by Gasteiger charge is -2.04. The minimum absolute atomic E-state index is 0.344. The second-order valence-electron chi connectivity index (χ2n) is 4.75. The molecule has 0 aliphatic carbocycles. The van der Waals surface area contributed by atoms with E-state index in [-0.39, 0.29) is 5.97 Å². The third-order valence-electron chi connectivity index (χ3n) is 3.30. The number of hydrogen-bond donors (Lipinski definition) is 2. The molecule has 4 nitrogen and oxygen atoms in total. The SMILES string of the molecule is CCOC(=O)c1c(N)sc(-c2ccc(CCN)cc2)c1C. The van der Waals surface area contributed by atoms with Gasteiger partial charge in [0.15, 0.2) is 0 Å². The molecule has 4 N–H and O–H groups in total. The fourth-order valence-electron chi connectivity index (χ4n) is 2.26. The number of nitrogen functional groups attached to an aromatic ring is 1. The Labute approximate surface area is 128 Å². The molecule has 0 spiro atoms. The molecule has 0 amide bonds. The smallest absolute Gasteiger partial charge is 0.341 e. The summed E-state index contributed by atoms with van der Waals surface area (Å²) in [5.74, 6) is -0.352. The maximum absolute atomic E-state index is 12.0. The molecule has 21 heavy (non-hydrogen) atoms. The number of benzene rings is 1. The number of rotatable bonds is 5. The molecule has 5 heteroatoms. The van der Waals surface area contributed by atoms with Crippen molar-refractivity contribution in [1.82, 2.24) is 0 Å². The van der Waals surface area contributed by atoms with Crippen LogP contribution in [0.5, 0.6) is 0 Å². The Balaban J connectivity index is 2.36. The average Bonchev–Trinajstić information content (AvgIpc) is 2.75. The van der Waals surface area contributed by atoms with Crippen LogP contribution in [-0.4, -0.2) is 19.1 Å². The van der Waals surface area contributed by atoms with Crippen LogP contribution < -0.4 is 11.5 Å². The van der Waals surface area contributed by atoms with Crippen molar-refractivity contribution in [2.24, 2.45) is 5.73 Å². The molecule has 0 aliphatic heterocycles. The molecule has 0 saturated heterocycles. The van der Waals surface area contributed by atoms with Crippen LogP contribution in [0.1, 0.15) is 28.4 Å². The van der Waals surface area contributed by atoms with E-state index in [1.807, 2.05) is 19.1 Å². The standard InChI is InChI=1S/C16H20N2O2S/c1-3-20-16(19)13-10(2)14(21-15(13)18)12-6-4-11(5-7-12)8-9-17/h4-7H,3,8-9,17-18H2,1-2H3. The third kappa shape index (κ3) is 3.25. The van der Waals surface area contributed by atoms with Crippen LogP contribution in [0.2, 0.25) is 0 Å². The van der Waals surface area contributed by atoms with Crippen molar-refractivity contribution < 1.29 is 9.53 Å². The van der Waals surface area contributed by atoms with Crippen molar-refractivity contribution >= 4 is 22.3 Å².